The Hall–Kier alpha value is -1.01. The summed E-state index contributed by atoms with van der Waals surface area (Å²) in [5.41, 5.74) is 5.41. The minimum Gasteiger partial charge on any atom is -0.373 e. The number of ether oxygens (including phenoxy) is 1. The SMILES string of the molecule is CCC(OC)c1nnnn1CCN. The highest BCUT2D eigenvalue weighted by Crippen LogP contribution is 2.15. The maximum absolute atomic E-state index is 5.41. The lowest BCUT2D eigenvalue weighted by Crippen LogP contribution is -2.16. The smallest absolute Gasteiger partial charge is 0.180 e. The molecule has 0 bridgehead atoms. The van der Waals surface area contributed by atoms with E-state index in [-0.39, 0.29) is 6.10 Å². The van der Waals surface area contributed by atoms with E-state index in [4.69, 9.17) is 10.5 Å². The molecule has 1 rings (SSSR count). The molecule has 1 heterocycles. The Labute approximate surface area is 77.1 Å². The van der Waals surface area contributed by atoms with E-state index in [9.17, 15) is 0 Å². The Morgan fingerprint density at radius 2 is 2.38 bits per heavy atom. The van der Waals surface area contributed by atoms with Crippen molar-refractivity contribution >= 4 is 0 Å². The zero-order valence-electron chi connectivity index (χ0n) is 7.97. The number of hydrogen-bond donors (Lipinski definition) is 1. The van der Waals surface area contributed by atoms with Crippen molar-refractivity contribution < 1.29 is 4.74 Å². The normalized spacial score (nSPS) is 13.2. The summed E-state index contributed by atoms with van der Waals surface area (Å²) in [6, 6.07) is 0. The molecule has 13 heavy (non-hydrogen) atoms. The topological polar surface area (TPSA) is 78.9 Å². The van der Waals surface area contributed by atoms with E-state index in [2.05, 4.69) is 15.5 Å². The fourth-order valence-electron chi connectivity index (χ4n) is 1.18. The highest BCUT2D eigenvalue weighted by atomic mass is 16.5. The average molecular weight is 185 g/mol. The molecule has 0 aromatic carbocycles. The molecule has 6 nitrogen and oxygen atoms in total. The minimum absolute atomic E-state index is 0.0402. The second-order valence-electron chi connectivity index (χ2n) is 2.68. The number of aromatic nitrogens is 4. The van der Waals surface area contributed by atoms with Gasteiger partial charge in [-0.15, -0.1) is 5.10 Å². The standard InChI is InChI=1S/C7H15N5O/c1-3-6(13-2)7-9-10-11-12(7)5-4-8/h6H,3-5,8H2,1-2H3. The zero-order chi connectivity index (χ0) is 9.68. The fourth-order valence-corrected chi connectivity index (χ4v) is 1.18. The van der Waals surface area contributed by atoms with Gasteiger partial charge in [-0.2, -0.15) is 0 Å². The van der Waals surface area contributed by atoms with Crippen LogP contribution in [0.15, 0.2) is 0 Å². The van der Waals surface area contributed by atoms with Gasteiger partial charge >= 0.3 is 0 Å². The molecule has 6 heteroatoms. The van der Waals surface area contributed by atoms with Gasteiger partial charge in [-0.05, 0) is 16.8 Å². The van der Waals surface area contributed by atoms with Gasteiger partial charge in [0.25, 0.3) is 0 Å². The lowest BCUT2D eigenvalue weighted by atomic mass is 10.2. The van der Waals surface area contributed by atoms with E-state index in [0.717, 1.165) is 12.2 Å². The Bertz CT molecular complexity index is 245. The summed E-state index contributed by atoms with van der Waals surface area (Å²) in [5.74, 6) is 0.746. The third-order valence-corrected chi connectivity index (χ3v) is 1.84. The predicted molar refractivity (Wildman–Crippen MR) is 46.9 cm³/mol. The summed E-state index contributed by atoms with van der Waals surface area (Å²) in [7, 11) is 1.65. The van der Waals surface area contributed by atoms with Crippen LogP contribution < -0.4 is 5.73 Å². The van der Waals surface area contributed by atoms with E-state index in [1.807, 2.05) is 6.92 Å². The van der Waals surface area contributed by atoms with Crippen LogP contribution in [0.2, 0.25) is 0 Å². The van der Waals surface area contributed by atoms with Gasteiger partial charge in [0.05, 0.1) is 6.54 Å². The van der Waals surface area contributed by atoms with E-state index >= 15 is 0 Å². The van der Waals surface area contributed by atoms with Gasteiger partial charge in [0, 0.05) is 13.7 Å². The van der Waals surface area contributed by atoms with E-state index in [1.165, 1.54) is 0 Å². The molecule has 0 aliphatic heterocycles. The fraction of sp³-hybridized carbons (Fsp3) is 0.857. The molecule has 0 fully saturated rings. The summed E-state index contributed by atoms with van der Waals surface area (Å²) in [6.07, 6.45) is 0.808. The molecule has 74 valence electrons. The molecule has 1 unspecified atom stereocenters. The molecule has 0 saturated carbocycles. The van der Waals surface area contributed by atoms with Crippen molar-refractivity contribution in [3.8, 4) is 0 Å². The number of nitrogens with zero attached hydrogens (tertiary/aromatic N) is 4. The summed E-state index contributed by atoms with van der Waals surface area (Å²) in [5, 5.41) is 11.3. The Kier molecular flexibility index (Phi) is 3.78. The van der Waals surface area contributed by atoms with Gasteiger partial charge in [0.1, 0.15) is 6.10 Å². The molecule has 2 N–H and O–H groups in total. The third-order valence-electron chi connectivity index (χ3n) is 1.84. The number of methoxy groups -OCH3 is 1. The largest absolute Gasteiger partial charge is 0.373 e. The first-order valence-electron chi connectivity index (χ1n) is 4.32. The molecular weight excluding hydrogens is 170 g/mol. The lowest BCUT2D eigenvalue weighted by molar-refractivity contribution is 0.0883. The molecule has 1 atom stereocenters. The van der Waals surface area contributed by atoms with Crippen LogP contribution in [0.25, 0.3) is 0 Å². The number of nitrogens with two attached hydrogens (primary N) is 1. The first kappa shape index (κ1) is 10.1. The van der Waals surface area contributed by atoms with Crippen LogP contribution in [0.4, 0.5) is 0 Å². The first-order valence-corrected chi connectivity index (χ1v) is 4.32. The summed E-state index contributed by atoms with van der Waals surface area (Å²) >= 11 is 0. The van der Waals surface area contributed by atoms with Gasteiger partial charge in [-0.25, -0.2) is 4.68 Å². The highest BCUT2D eigenvalue weighted by molar-refractivity contribution is 4.87. The minimum atomic E-state index is -0.0402. The maximum atomic E-state index is 5.41. The van der Waals surface area contributed by atoms with Crippen molar-refractivity contribution in [2.45, 2.75) is 26.0 Å². The van der Waals surface area contributed by atoms with Crippen LogP contribution in [-0.2, 0) is 11.3 Å². The molecule has 1 aromatic rings. The Morgan fingerprint density at radius 1 is 1.62 bits per heavy atom. The molecule has 0 spiro atoms. The molecule has 0 aliphatic rings. The third kappa shape index (κ3) is 2.22. The Balaban J connectivity index is 2.78. The van der Waals surface area contributed by atoms with Crippen LogP contribution in [-0.4, -0.2) is 33.9 Å². The number of tetrazole rings is 1. The zero-order valence-corrected chi connectivity index (χ0v) is 7.97. The number of rotatable bonds is 5. The molecular formula is C7H15N5O. The van der Waals surface area contributed by atoms with E-state index in [1.54, 1.807) is 11.8 Å². The molecule has 1 aromatic heterocycles. The quantitative estimate of drug-likeness (QED) is 0.683. The van der Waals surface area contributed by atoms with Gasteiger partial charge in [0.15, 0.2) is 5.82 Å². The highest BCUT2D eigenvalue weighted by Gasteiger charge is 2.15. The summed E-state index contributed by atoms with van der Waals surface area (Å²) < 4.78 is 6.90. The average Bonchev–Trinajstić information content (AvgIpc) is 2.57. The van der Waals surface area contributed by atoms with Gasteiger partial charge < -0.3 is 10.5 Å². The Morgan fingerprint density at radius 3 is 2.92 bits per heavy atom. The van der Waals surface area contributed by atoms with Crippen LogP contribution in [0.1, 0.15) is 25.3 Å². The van der Waals surface area contributed by atoms with Crippen molar-refractivity contribution in [1.29, 1.82) is 0 Å². The van der Waals surface area contributed by atoms with Crippen molar-refractivity contribution in [3.05, 3.63) is 5.82 Å². The molecule has 0 aliphatic carbocycles. The second kappa shape index (κ2) is 4.88. The monoisotopic (exact) mass is 185 g/mol. The van der Waals surface area contributed by atoms with Crippen molar-refractivity contribution in [3.63, 3.8) is 0 Å². The molecule has 0 saturated heterocycles. The van der Waals surface area contributed by atoms with E-state index < -0.39 is 0 Å². The summed E-state index contributed by atoms with van der Waals surface area (Å²) in [6.45, 7) is 3.18. The van der Waals surface area contributed by atoms with Crippen LogP contribution in [0.3, 0.4) is 0 Å². The number of hydrogen-bond acceptors (Lipinski definition) is 5. The predicted octanol–water partition coefficient (Wildman–Crippen LogP) is -0.271. The van der Waals surface area contributed by atoms with E-state index in [0.29, 0.717) is 13.1 Å². The van der Waals surface area contributed by atoms with Crippen molar-refractivity contribution in [2.24, 2.45) is 5.73 Å². The van der Waals surface area contributed by atoms with Gasteiger partial charge in [-0.3, -0.25) is 0 Å². The van der Waals surface area contributed by atoms with Crippen molar-refractivity contribution in [2.75, 3.05) is 13.7 Å². The van der Waals surface area contributed by atoms with Gasteiger partial charge in [0.2, 0.25) is 0 Å². The maximum Gasteiger partial charge on any atom is 0.180 e. The van der Waals surface area contributed by atoms with Crippen molar-refractivity contribution in [1.82, 2.24) is 20.2 Å². The molecule has 0 amide bonds. The molecule has 0 radical (unpaired) electrons. The summed E-state index contributed by atoms with van der Waals surface area (Å²) in [4.78, 5) is 0. The van der Waals surface area contributed by atoms with Gasteiger partial charge in [-0.1, -0.05) is 6.92 Å². The van der Waals surface area contributed by atoms with Crippen LogP contribution in [0, 0.1) is 0 Å². The lowest BCUT2D eigenvalue weighted by Gasteiger charge is -2.11. The van der Waals surface area contributed by atoms with Crippen LogP contribution >= 0.6 is 0 Å². The second-order valence-corrected chi connectivity index (χ2v) is 2.68. The van der Waals surface area contributed by atoms with Crippen LogP contribution in [0.5, 0.6) is 0 Å². The first-order chi connectivity index (χ1) is 6.33.